The van der Waals surface area contributed by atoms with Crippen LogP contribution in [0.4, 0.5) is 0 Å². The highest BCUT2D eigenvalue weighted by Crippen LogP contribution is 2.20. The number of ether oxygens (including phenoxy) is 2. The molecule has 31 heavy (non-hydrogen) atoms. The van der Waals surface area contributed by atoms with Gasteiger partial charge in [-0.3, -0.25) is 14.8 Å². The van der Waals surface area contributed by atoms with Crippen molar-refractivity contribution in [3.63, 3.8) is 0 Å². The molecule has 2 unspecified atom stereocenters. The van der Waals surface area contributed by atoms with Crippen molar-refractivity contribution in [3.8, 4) is 0 Å². The van der Waals surface area contributed by atoms with E-state index in [0.717, 1.165) is 65.0 Å². The van der Waals surface area contributed by atoms with E-state index >= 15 is 0 Å². The SMILES string of the molecule is CN=C(NCc1ccccc1CN1CCOCC1)NCC(C)(C)N1CC(C)OC(C)C1. The molecular formula is C24H41N5O2. The molecule has 2 saturated heterocycles. The lowest BCUT2D eigenvalue weighted by Crippen LogP contribution is -2.59. The monoisotopic (exact) mass is 431 g/mol. The van der Waals surface area contributed by atoms with Gasteiger partial charge in [-0.25, -0.2) is 0 Å². The highest BCUT2D eigenvalue weighted by molar-refractivity contribution is 5.79. The average Bonchev–Trinajstić information content (AvgIpc) is 2.75. The van der Waals surface area contributed by atoms with Gasteiger partial charge >= 0.3 is 0 Å². The van der Waals surface area contributed by atoms with Crippen LogP contribution in [0.5, 0.6) is 0 Å². The molecule has 0 bridgehead atoms. The lowest BCUT2D eigenvalue weighted by molar-refractivity contribution is -0.0946. The molecule has 3 rings (SSSR count). The van der Waals surface area contributed by atoms with E-state index in [2.05, 4.69) is 77.4 Å². The lowest BCUT2D eigenvalue weighted by Gasteiger charge is -2.45. The van der Waals surface area contributed by atoms with Crippen LogP contribution in [0.3, 0.4) is 0 Å². The third-order valence-corrected chi connectivity index (χ3v) is 6.25. The van der Waals surface area contributed by atoms with Gasteiger partial charge < -0.3 is 20.1 Å². The van der Waals surface area contributed by atoms with Crippen LogP contribution in [0.1, 0.15) is 38.8 Å². The van der Waals surface area contributed by atoms with Gasteiger partial charge in [-0.15, -0.1) is 0 Å². The van der Waals surface area contributed by atoms with E-state index < -0.39 is 0 Å². The van der Waals surface area contributed by atoms with Crippen LogP contribution < -0.4 is 10.6 Å². The Kier molecular flexibility index (Phi) is 8.72. The Morgan fingerprint density at radius 2 is 1.71 bits per heavy atom. The Balaban J connectivity index is 1.52. The maximum absolute atomic E-state index is 5.90. The van der Waals surface area contributed by atoms with Crippen LogP contribution >= 0.6 is 0 Å². The summed E-state index contributed by atoms with van der Waals surface area (Å²) in [6.07, 6.45) is 0.534. The number of nitrogens with one attached hydrogen (secondary N) is 2. The van der Waals surface area contributed by atoms with Gasteiger partial charge in [-0.05, 0) is 38.8 Å². The fraction of sp³-hybridized carbons (Fsp3) is 0.708. The van der Waals surface area contributed by atoms with E-state index in [1.54, 1.807) is 0 Å². The first-order valence-electron chi connectivity index (χ1n) is 11.6. The van der Waals surface area contributed by atoms with Crippen LogP contribution in [0.2, 0.25) is 0 Å². The minimum atomic E-state index is 0.0121. The maximum atomic E-state index is 5.90. The third-order valence-electron chi connectivity index (χ3n) is 6.25. The zero-order chi connectivity index (χ0) is 22.3. The maximum Gasteiger partial charge on any atom is 0.191 e. The zero-order valence-corrected chi connectivity index (χ0v) is 20.0. The number of aliphatic imine (C=N–C) groups is 1. The predicted octanol–water partition coefficient (Wildman–Crippen LogP) is 2.07. The van der Waals surface area contributed by atoms with E-state index in [9.17, 15) is 0 Å². The molecule has 0 amide bonds. The molecule has 0 aliphatic carbocycles. The highest BCUT2D eigenvalue weighted by atomic mass is 16.5. The van der Waals surface area contributed by atoms with Crippen LogP contribution in [0.15, 0.2) is 29.3 Å². The Morgan fingerprint density at radius 3 is 2.35 bits per heavy atom. The van der Waals surface area contributed by atoms with Crippen molar-refractivity contribution in [3.05, 3.63) is 35.4 Å². The van der Waals surface area contributed by atoms with Crippen molar-refractivity contribution in [1.82, 2.24) is 20.4 Å². The van der Waals surface area contributed by atoms with Gasteiger partial charge in [0, 0.05) is 58.4 Å². The molecule has 2 fully saturated rings. The number of guanidine groups is 1. The lowest BCUT2D eigenvalue weighted by atomic mass is 10.00. The smallest absolute Gasteiger partial charge is 0.191 e. The van der Waals surface area contributed by atoms with Crippen molar-refractivity contribution in [2.24, 2.45) is 4.99 Å². The summed E-state index contributed by atoms with van der Waals surface area (Å²) in [4.78, 5) is 9.43. The second-order valence-corrected chi connectivity index (χ2v) is 9.41. The predicted molar refractivity (Wildman–Crippen MR) is 126 cm³/mol. The van der Waals surface area contributed by atoms with Crippen molar-refractivity contribution in [1.29, 1.82) is 0 Å². The van der Waals surface area contributed by atoms with Crippen LogP contribution in [0.25, 0.3) is 0 Å². The largest absolute Gasteiger partial charge is 0.379 e. The summed E-state index contributed by atoms with van der Waals surface area (Å²) in [7, 11) is 1.83. The summed E-state index contributed by atoms with van der Waals surface area (Å²) < 4.78 is 11.4. The molecule has 2 N–H and O–H groups in total. The molecule has 2 aliphatic heterocycles. The van der Waals surface area contributed by atoms with Crippen molar-refractivity contribution in [2.45, 2.75) is 58.5 Å². The van der Waals surface area contributed by atoms with Crippen LogP contribution in [0, 0.1) is 0 Å². The molecule has 0 aromatic heterocycles. The minimum Gasteiger partial charge on any atom is -0.379 e. The van der Waals surface area contributed by atoms with Gasteiger partial charge in [0.15, 0.2) is 5.96 Å². The molecular weight excluding hydrogens is 390 g/mol. The van der Waals surface area contributed by atoms with Gasteiger partial charge in [-0.2, -0.15) is 0 Å². The number of hydrogen-bond donors (Lipinski definition) is 2. The summed E-state index contributed by atoms with van der Waals surface area (Å²) in [5.74, 6) is 0.837. The number of nitrogens with zero attached hydrogens (tertiary/aromatic N) is 3. The minimum absolute atomic E-state index is 0.0121. The first-order chi connectivity index (χ1) is 14.9. The molecule has 7 heteroatoms. The molecule has 2 atom stereocenters. The number of morpholine rings is 2. The topological polar surface area (TPSA) is 61.4 Å². The molecule has 0 radical (unpaired) electrons. The Labute approximate surface area is 188 Å². The molecule has 0 saturated carbocycles. The van der Waals surface area contributed by atoms with Crippen LogP contribution in [-0.4, -0.2) is 86.5 Å². The second kappa shape index (κ2) is 11.3. The Morgan fingerprint density at radius 1 is 1.06 bits per heavy atom. The average molecular weight is 432 g/mol. The number of hydrogen-bond acceptors (Lipinski definition) is 5. The Hall–Kier alpha value is -1.67. The van der Waals surface area contributed by atoms with E-state index in [4.69, 9.17) is 9.47 Å². The van der Waals surface area contributed by atoms with Gasteiger partial charge in [0.2, 0.25) is 0 Å². The fourth-order valence-corrected chi connectivity index (χ4v) is 4.37. The van der Waals surface area contributed by atoms with E-state index in [-0.39, 0.29) is 17.7 Å². The molecule has 2 aliphatic rings. The Bertz CT molecular complexity index is 708. The zero-order valence-electron chi connectivity index (χ0n) is 20.0. The summed E-state index contributed by atoms with van der Waals surface area (Å²) in [5.41, 5.74) is 2.69. The van der Waals surface area contributed by atoms with Crippen molar-refractivity contribution < 1.29 is 9.47 Å². The fourth-order valence-electron chi connectivity index (χ4n) is 4.37. The summed E-state index contributed by atoms with van der Waals surface area (Å²) in [6, 6.07) is 8.67. The molecule has 1 aromatic carbocycles. The molecule has 7 nitrogen and oxygen atoms in total. The van der Waals surface area contributed by atoms with Gasteiger partial charge in [0.05, 0.1) is 25.4 Å². The summed E-state index contributed by atoms with van der Waals surface area (Å²) in [6.45, 7) is 17.0. The molecule has 0 spiro atoms. The van der Waals surface area contributed by atoms with Gasteiger partial charge in [-0.1, -0.05) is 24.3 Å². The highest BCUT2D eigenvalue weighted by Gasteiger charge is 2.33. The summed E-state index contributed by atoms with van der Waals surface area (Å²) >= 11 is 0. The third kappa shape index (κ3) is 7.17. The van der Waals surface area contributed by atoms with Gasteiger partial charge in [0.1, 0.15) is 0 Å². The number of rotatable bonds is 7. The van der Waals surface area contributed by atoms with Crippen molar-refractivity contribution in [2.75, 3.05) is 53.0 Å². The summed E-state index contributed by atoms with van der Waals surface area (Å²) in [5, 5.41) is 7.05. The number of benzene rings is 1. The van der Waals surface area contributed by atoms with Gasteiger partial charge in [0.25, 0.3) is 0 Å². The first-order valence-corrected chi connectivity index (χ1v) is 11.6. The molecule has 2 heterocycles. The first kappa shape index (κ1) is 24.0. The van der Waals surface area contributed by atoms with Crippen LogP contribution in [-0.2, 0) is 22.6 Å². The normalized spacial score (nSPS) is 24.2. The van der Waals surface area contributed by atoms with E-state index in [1.807, 2.05) is 7.05 Å². The molecule has 1 aromatic rings. The standard InChI is InChI=1S/C24H41N5O2/c1-19-15-29(16-20(2)31-19)24(3,4)18-27-23(25-5)26-14-21-8-6-7-9-22(21)17-28-10-12-30-13-11-28/h6-9,19-20H,10-18H2,1-5H3,(H2,25,26,27). The quantitative estimate of drug-likeness (QED) is 0.509. The van der Waals surface area contributed by atoms with E-state index in [0.29, 0.717) is 0 Å². The molecule has 174 valence electrons. The second-order valence-electron chi connectivity index (χ2n) is 9.41. The van der Waals surface area contributed by atoms with Crippen molar-refractivity contribution >= 4 is 5.96 Å². The van der Waals surface area contributed by atoms with E-state index in [1.165, 1.54) is 11.1 Å².